The van der Waals surface area contributed by atoms with Gasteiger partial charge in [0.25, 0.3) is 0 Å². The van der Waals surface area contributed by atoms with E-state index in [1.807, 2.05) is 37.7 Å². The van der Waals surface area contributed by atoms with Crippen molar-refractivity contribution in [1.29, 1.82) is 0 Å². The van der Waals surface area contributed by atoms with Crippen LogP contribution in [0, 0.1) is 20.8 Å². The lowest BCUT2D eigenvalue weighted by molar-refractivity contribution is 0.174. The summed E-state index contributed by atoms with van der Waals surface area (Å²) in [7, 11) is 0. The molecule has 4 nitrogen and oxygen atoms in total. The van der Waals surface area contributed by atoms with Crippen LogP contribution in [0.3, 0.4) is 0 Å². The van der Waals surface area contributed by atoms with E-state index in [1.165, 1.54) is 0 Å². The number of aliphatic hydroxyl groups is 1. The number of hydrogen-bond donors (Lipinski definition) is 1. The Morgan fingerprint density at radius 2 is 1.95 bits per heavy atom. The van der Waals surface area contributed by atoms with E-state index in [2.05, 4.69) is 18.9 Å². The summed E-state index contributed by atoms with van der Waals surface area (Å²) in [6.07, 6.45) is 1.90. The van der Waals surface area contributed by atoms with Gasteiger partial charge in [0, 0.05) is 24.2 Å². The molecule has 0 bridgehead atoms. The largest absolute Gasteiger partial charge is 0.466 e. The van der Waals surface area contributed by atoms with Crippen LogP contribution in [-0.2, 0) is 6.42 Å². The second-order valence-corrected chi connectivity index (χ2v) is 5.35. The predicted molar refractivity (Wildman–Crippen MR) is 74.2 cm³/mol. The number of aromatic nitrogens is 2. The molecule has 1 N–H and O–H groups in total. The van der Waals surface area contributed by atoms with Crippen molar-refractivity contribution >= 4 is 0 Å². The highest BCUT2D eigenvalue weighted by Crippen LogP contribution is 2.28. The van der Waals surface area contributed by atoms with Crippen molar-refractivity contribution in [3.63, 3.8) is 0 Å². The number of aliphatic hydroxyl groups excluding tert-OH is 1. The maximum atomic E-state index is 10.4. The fraction of sp³-hybridized carbons (Fsp3) is 0.533. The van der Waals surface area contributed by atoms with E-state index in [-0.39, 0.29) is 0 Å². The molecule has 0 aromatic carbocycles. The monoisotopic (exact) mass is 262 g/mol. The van der Waals surface area contributed by atoms with Gasteiger partial charge >= 0.3 is 0 Å². The van der Waals surface area contributed by atoms with Crippen LogP contribution < -0.4 is 0 Å². The van der Waals surface area contributed by atoms with Crippen LogP contribution in [0.2, 0.25) is 0 Å². The Labute approximate surface area is 114 Å². The first-order chi connectivity index (χ1) is 8.90. The molecule has 2 rings (SSSR count). The number of nitrogens with zero attached hydrogens (tertiary/aromatic N) is 2. The Balaban J connectivity index is 2.18. The average Bonchev–Trinajstić information content (AvgIpc) is 2.85. The topological polar surface area (TPSA) is 51.2 Å². The zero-order valence-electron chi connectivity index (χ0n) is 12.3. The molecule has 0 aliphatic carbocycles. The van der Waals surface area contributed by atoms with E-state index >= 15 is 0 Å². The fourth-order valence-corrected chi connectivity index (χ4v) is 2.37. The van der Waals surface area contributed by atoms with Crippen molar-refractivity contribution in [2.45, 2.75) is 53.2 Å². The standard InChI is InChI=1S/C15H22N2O2/c1-9(2)17-7-6-13(16-17)8-14(18)15-10(3)11(4)19-12(15)5/h6-7,9,14,18H,8H2,1-5H3. The van der Waals surface area contributed by atoms with Crippen molar-refractivity contribution in [1.82, 2.24) is 9.78 Å². The Bertz CT molecular complexity index is 567. The van der Waals surface area contributed by atoms with Crippen LogP contribution in [0.4, 0.5) is 0 Å². The van der Waals surface area contributed by atoms with Crippen LogP contribution >= 0.6 is 0 Å². The molecule has 1 unspecified atom stereocenters. The highest BCUT2D eigenvalue weighted by Gasteiger charge is 2.20. The lowest BCUT2D eigenvalue weighted by Gasteiger charge is -2.10. The van der Waals surface area contributed by atoms with Crippen LogP contribution in [0.1, 0.15) is 54.3 Å². The third kappa shape index (κ3) is 2.73. The van der Waals surface area contributed by atoms with Crippen molar-refractivity contribution in [3.8, 4) is 0 Å². The first-order valence-electron chi connectivity index (χ1n) is 6.68. The Morgan fingerprint density at radius 3 is 2.42 bits per heavy atom. The predicted octanol–water partition coefficient (Wildman–Crippen LogP) is 3.26. The van der Waals surface area contributed by atoms with E-state index in [0.717, 1.165) is 28.3 Å². The lowest BCUT2D eigenvalue weighted by Crippen LogP contribution is -2.06. The Morgan fingerprint density at radius 1 is 1.26 bits per heavy atom. The van der Waals surface area contributed by atoms with Gasteiger partial charge in [-0.05, 0) is 46.2 Å². The number of rotatable bonds is 4. The summed E-state index contributed by atoms with van der Waals surface area (Å²) in [4.78, 5) is 0. The fourth-order valence-electron chi connectivity index (χ4n) is 2.37. The van der Waals surface area contributed by atoms with E-state index in [1.54, 1.807) is 0 Å². The Hall–Kier alpha value is -1.55. The molecule has 0 spiro atoms. The smallest absolute Gasteiger partial charge is 0.107 e. The van der Waals surface area contributed by atoms with Gasteiger partial charge in [0.2, 0.25) is 0 Å². The van der Waals surface area contributed by atoms with Gasteiger partial charge in [-0.15, -0.1) is 0 Å². The van der Waals surface area contributed by atoms with E-state index in [9.17, 15) is 5.11 Å². The zero-order chi connectivity index (χ0) is 14.2. The minimum Gasteiger partial charge on any atom is -0.466 e. The third-order valence-electron chi connectivity index (χ3n) is 3.55. The minimum absolute atomic E-state index is 0.338. The van der Waals surface area contributed by atoms with Crippen molar-refractivity contribution in [3.05, 3.63) is 40.6 Å². The summed E-state index contributed by atoms with van der Waals surface area (Å²) >= 11 is 0. The summed E-state index contributed by atoms with van der Waals surface area (Å²) in [5.41, 5.74) is 2.84. The van der Waals surface area contributed by atoms with Crippen molar-refractivity contribution < 1.29 is 9.52 Å². The van der Waals surface area contributed by atoms with Gasteiger partial charge in [-0.1, -0.05) is 0 Å². The molecule has 2 aromatic rings. The molecule has 2 heterocycles. The molecule has 0 aliphatic rings. The molecule has 104 valence electrons. The minimum atomic E-state index is -0.562. The molecule has 0 amide bonds. The van der Waals surface area contributed by atoms with E-state index in [4.69, 9.17) is 4.42 Å². The molecule has 0 fully saturated rings. The second kappa shape index (κ2) is 5.21. The summed E-state index contributed by atoms with van der Waals surface area (Å²) in [5, 5.41) is 14.9. The number of furan rings is 1. The number of aryl methyl sites for hydroxylation is 2. The zero-order valence-corrected chi connectivity index (χ0v) is 12.3. The second-order valence-electron chi connectivity index (χ2n) is 5.35. The molecule has 4 heteroatoms. The van der Waals surface area contributed by atoms with Gasteiger partial charge in [-0.2, -0.15) is 5.10 Å². The van der Waals surface area contributed by atoms with E-state index < -0.39 is 6.10 Å². The molecular formula is C15H22N2O2. The summed E-state index contributed by atoms with van der Waals surface area (Å²) in [5.74, 6) is 1.67. The molecule has 0 aliphatic heterocycles. The quantitative estimate of drug-likeness (QED) is 0.920. The van der Waals surface area contributed by atoms with Gasteiger partial charge in [0.1, 0.15) is 11.5 Å². The lowest BCUT2D eigenvalue weighted by atomic mass is 10.0. The van der Waals surface area contributed by atoms with Gasteiger partial charge in [0.15, 0.2) is 0 Å². The van der Waals surface area contributed by atoms with Crippen LogP contribution in [-0.4, -0.2) is 14.9 Å². The van der Waals surface area contributed by atoms with Crippen molar-refractivity contribution in [2.75, 3.05) is 0 Å². The first-order valence-corrected chi connectivity index (χ1v) is 6.68. The molecule has 1 atom stereocenters. The van der Waals surface area contributed by atoms with Gasteiger partial charge in [-0.3, -0.25) is 4.68 Å². The highest BCUT2D eigenvalue weighted by molar-refractivity contribution is 5.33. The summed E-state index contributed by atoms with van der Waals surface area (Å²) in [6, 6.07) is 2.30. The van der Waals surface area contributed by atoms with Gasteiger partial charge < -0.3 is 9.52 Å². The van der Waals surface area contributed by atoms with Crippen LogP contribution in [0.25, 0.3) is 0 Å². The van der Waals surface area contributed by atoms with Crippen LogP contribution in [0.15, 0.2) is 16.7 Å². The van der Waals surface area contributed by atoms with E-state index in [0.29, 0.717) is 12.5 Å². The molecule has 19 heavy (non-hydrogen) atoms. The summed E-state index contributed by atoms with van der Waals surface area (Å²) < 4.78 is 7.47. The molecule has 2 aromatic heterocycles. The summed E-state index contributed by atoms with van der Waals surface area (Å²) in [6.45, 7) is 9.97. The number of hydrogen-bond acceptors (Lipinski definition) is 3. The molecule has 0 saturated carbocycles. The van der Waals surface area contributed by atoms with Gasteiger partial charge in [0.05, 0.1) is 11.8 Å². The van der Waals surface area contributed by atoms with Crippen LogP contribution in [0.5, 0.6) is 0 Å². The molecule has 0 saturated heterocycles. The normalized spacial score (nSPS) is 13.2. The SMILES string of the molecule is Cc1oc(C)c(C(O)Cc2ccn(C(C)C)n2)c1C. The molecule has 0 radical (unpaired) electrons. The maximum Gasteiger partial charge on any atom is 0.107 e. The average molecular weight is 262 g/mol. The Kier molecular flexibility index (Phi) is 3.80. The maximum absolute atomic E-state index is 10.4. The van der Waals surface area contributed by atoms with Crippen molar-refractivity contribution in [2.24, 2.45) is 0 Å². The highest BCUT2D eigenvalue weighted by atomic mass is 16.3. The third-order valence-corrected chi connectivity index (χ3v) is 3.55. The van der Waals surface area contributed by atoms with Gasteiger partial charge in [-0.25, -0.2) is 0 Å². The molecular weight excluding hydrogens is 240 g/mol. The first kappa shape index (κ1) is 13.9.